The quantitative estimate of drug-likeness (QED) is 0.588. The second kappa shape index (κ2) is 7.17. The van der Waals surface area contributed by atoms with Crippen LogP contribution in [-0.4, -0.2) is 27.8 Å². The minimum Gasteiger partial charge on any atom is -0.334 e. The van der Waals surface area contributed by atoms with Crippen LogP contribution in [0.15, 0.2) is 70.8 Å². The van der Waals surface area contributed by atoms with Gasteiger partial charge >= 0.3 is 0 Å². The molecule has 2 aromatic carbocycles. The number of nitrogens with zero attached hydrogens (tertiary/aromatic N) is 2. The van der Waals surface area contributed by atoms with Gasteiger partial charge in [0.1, 0.15) is 5.82 Å². The molecule has 2 heterocycles. The van der Waals surface area contributed by atoms with Crippen LogP contribution < -0.4 is 5.56 Å². The Balaban J connectivity index is 1.61. The molecule has 0 unspecified atom stereocenters. The Bertz CT molecular complexity index is 1160. The van der Waals surface area contributed by atoms with E-state index in [1.165, 1.54) is 11.3 Å². The molecule has 27 heavy (non-hydrogen) atoms. The number of carbonyl (C=O) groups excluding carboxylic acids is 1. The average molecular weight is 375 g/mol. The number of amides is 1. The number of para-hydroxylation sites is 1. The molecule has 2 aromatic heterocycles. The number of aromatic nitrogens is 2. The molecule has 1 N–H and O–H groups in total. The molecule has 0 radical (unpaired) electrons. The fraction of sp³-hybridized carbons (Fsp3) is 0.0952. The Morgan fingerprint density at radius 1 is 1.07 bits per heavy atom. The van der Waals surface area contributed by atoms with Crippen LogP contribution in [-0.2, 0) is 6.54 Å². The van der Waals surface area contributed by atoms with Crippen molar-refractivity contribution in [2.75, 3.05) is 7.05 Å². The summed E-state index contributed by atoms with van der Waals surface area (Å²) in [4.78, 5) is 34.7. The monoisotopic (exact) mass is 375 g/mol. The first-order valence-corrected chi connectivity index (χ1v) is 9.38. The molecule has 1 amide bonds. The summed E-state index contributed by atoms with van der Waals surface area (Å²) in [5.74, 6) is 0.368. The van der Waals surface area contributed by atoms with E-state index in [-0.39, 0.29) is 18.0 Å². The molecule has 0 atom stereocenters. The second-order valence-electron chi connectivity index (χ2n) is 6.22. The maximum absolute atomic E-state index is 13.0. The number of benzene rings is 2. The maximum atomic E-state index is 13.0. The molecule has 134 valence electrons. The van der Waals surface area contributed by atoms with Crippen LogP contribution in [0.2, 0.25) is 0 Å². The summed E-state index contributed by atoms with van der Waals surface area (Å²) in [6, 6.07) is 19.0. The zero-order chi connectivity index (χ0) is 18.8. The molecule has 4 aromatic rings. The lowest BCUT2D eigenvalue weighted by Crippen LogP contribution is -2.28. The summed E-state index contributed by atoms with van der Waals surface area (Å²) in [7, 11) is 1.71. The molecular weight excluding hydrogens is 358 g/mol. The number of hydrogen-bond donors (Lipinski definition) is 1. The number of thiophene rings is 1. The highest BCUT2D eigenvalue weighted by molar-refractivity contribution is 7.12. The molecule has 0 saturated carbocycles. The van der Waals surface area contributed by atoms with Gasteiger partial charge in [-0.3, -0.25) is 9.59 Å². The van der Waals surface area contributed by atoms with Crippen LogP contribution in [0.4, 0.5) is 0 Å². The van der Waals surface area contributed by atoms with Gasteiger partial charge in [-0.1, -0.05) is 42.5 Å². The highest BCUT2D eigenvalue weighted by Crippen LogP contribution is 2.29. The van der Waals surface area contributed by atoms with Gasteiger partial charge in [-0.2, -0.15) is 0 Å². The van der Waals surface area contributed by atoms with Gasteiger partial charge < -0.3 is 9.88 Å². The number of nitrogens with one attached hydrogen (secondary N) is 1. The Labute approximate surface area is 159 Å². The van der Waals surface area contributed by atoms with E-state index >= 15 is 0 Å². The van der Waals surface area contributed by atoms with Gasteiger partial charge in [0.15, 0.2) is 0 Å². The largest absolute Gasteiger partial charge is 0.334 e. The number of carbonyl (C=O) groups is 1. The van der Waals surface area contributed by atoms with Crippen LogP contribution in [0.3, 0.4) is 0 Å². The van der Waals surface area contributed by atoms with Crippen LogP contribution >= 0.6 is 11.3 Å². The number of rotatable bonds is 4. The van der Waals surface area contributed by atoms with Crippen molar-refractivity contribution in [2.45, 2.75) is 6.54 Å². The van der Waals surface area contributed by atoms with Crippen LogP contribution in [0.5, 0.6) is 0 Å². The number of hydrogen-bond acceptors (Lipinski definition) is 4. The van der Waals surface area contributed by atoms with Crippen molar-refractivity contribution in [3.63, 3.8) is 0 Å². The topological polar surface area (TPSA) is 66.1 Å². The molecule has 4 rings (SSSR count). The first-order valence-electron chi connectivity index (χ1n) is 8.50. The number of fused-ring (bicyclic) bond motifs is 1. The SMILES string of the molecule is CN(Cc1nc2ccccc2c(=O)[nH]1)C(=O)c1sccc1-c1ccccc1. The number of aromatic amines is 1. The van der Waals surface area contributed by atoms with Crippen molar-refractivity contribution >= 4 is 28.1 Å². The predicted molar refractivity (Wildman–Crippen MR) is 108 cm³/mol. The van der Waals surface area contributed by atoms with Gasteiger partial charge in [0.2, 0.25) is 0 Å². The van der Waals surface area contributed by atoms with Crippen molar-refractivity contribution in [1.29, 1.82) is 0 Å². The molecule has 0 fully saturated rings. The van der Waals surface area contributed by atoms with Crippen LogP contribution in [0, 0.1) is 0 Å². The first kappa shape index (κ1) is 17.2. The highest BCUT2D eigenvalue weighted by Gasteiger charge is 2.19. The molecule has 0 spiro atoms. The second-order valence-corrected chi connectivity index (χ2v) is 7.14. The lowest BCUT2D eigenvalue weighted by molar-refractivity contribution is 0.0787. The summed E-state index contributed by atoms with van der Waals surface area (Å²) in [5, 5.41) is 2.46. The maximum Gasteiger partial charge on any atom is 0.264 e. The van der Waals surface area contributed by atoms with E-state index in [4.69, 9.17) is 0 Å². The first-order chi connectivity index (χ1) is 13.1. The normalized spacial score (nSPS) is 10.9. The van der Waals surface area contributed by atoms with E-state index in [1.807, 2.05) is 47.8 Å². The molecule has 0 aliphatic carbocycles. The Hall–Kier alpha value is -3.25. The van der Waals surface area contributed by atoms with Crippen molar-refractivity contribution < 1.29 is 4.79 Å². The van der Waals surface area contributed by atoms with Gasteiger partial charge in [-0.15, -0.1) is 11.3 Å². The van der Waals surface area contributed by atoms with Gasteiger partial charge in [0.25, 0.3) is 11.5 Å². The van der Waals surface area contributed by atoms with E-state index in [2.05, 4.69) is 9.97 Å². The predicted octanol–water partition coefficient (Wildman–Crippen LogP) is 3.92. The zero-order valence-corrected chi connectivity index (χ0v) is 15.5. The van der Waals surface area contributed by atoms with Crippen molar-refractivity contribution in [3.8, 4) is 11.1 Å². The highest BCUT2D eigenvalue weighted by atomic mass is 32.1. The van der Waals surface area contributed by atoms with Crippen molar-refractivity contribution in [3.05, 3.63) is 87.1 Å². The molecule has 6 heteroatoms. The Morgan fingerprint density at radius 2 is 1.81 bits per heavy atom. The average Bonchev–Trinajstić information content (AvgIpc) is 3.18. The van der Waals surface area contributed by atoms with Gasteiger partial charge in [-0.25, -0.2) is 4.98 Å². The summed E-state index contributed by atoms with van der Waals surface area (Å²) in [6.07, 6.45) is 0. The van der Waals surface area contributed by atoms with E-state index in [9.17, 15) is 9.59 Å². The third-order valence-electron chi connectivity index (χ3n) is 4.34. The lowest BCUT2D eigenvalue weighted by atomic mass is 10.1. The van der Waals surface area contributed by atoms with Crippen LogP contribution in [0.25, 0.3) is 22.0 Å². The van der Waals surface area contributed by atoms with E-state index < -0.39 is 0 Å². The molecule has 5 nitrogen and oxygen atoms in total. The third kappa shape index (κ3) is 3.39. The minimum atomic E-state index is -0.197. The standard InChI is InChI=1S/C21H17N3O2S/c1-24(13-18-22-17-10-6-5-9-16(17)20(25)23-18)21(26)19-15(11-12-27-19)14-7-3-2-4-8-14/h2-12H,13H2,1H3,(H,22,23,25). The van der Waals surface area contributed by atoms with Crippen molar-refractivity contribution in [1.82, 2.24) is 14.9 Å². The zero-order valence-electron chi connectivity index (χ0n) is 14.7. The molecule has 0 aliphatic heterocycles. The summed E-state index contributed by atoms with van der Waals surface area (Å²) >= 11 is 1.41. The van der Waals surface area contributed by atoms with E-state index in [0.717, 1.165) is 11.1 Å². The van der Waals surface area contributed by atoms with Gasteiger partial charge in [0.05, 0.1) is 22.3 Å². The summed E-state index contributed by atoms with van der Waals surface area (Å²) in [6.45, 7) is 0.227. The smallest absolute Gasteiger partial charge is 0.264 e. The Kier molecular flexibility index (Phi) is 4.56. The summed E-state index contributed by atoms with van der Waals surface area (Å²) < 4.78 is 0. The van der Waals surface area contributed by atoms with E-state index in [0.29, 0.717) is 21.6 Å². The lowest BCUT2D eigenvalue weighted by Gasteiger charge is -2.17. The third-order valence-corrected chi connectivity index (χ3v) is 5.24. The van der Waals surface area contributed by atoms with Crippen molar-refractivity contribution in [2.24, 2.45) is 0 Å². The molecular formula is C21H17N3O2S. The van der Waals surface area contributed by atoms with Gasteiger partial charge in [-0.05, 0) is 29.1 Å². The molecule has 0 bridgehead atoms. The fourth-order valence-electron chi connectivity index (χ4n) is 3.00. The fourth-order valence-corrected chi connectivity index (χ4v) is 3.91. The molecule has 0 saturated heterocycles. The minimum absolute atomic E-state index is 0.0975. The summed E-state index contributed by atoms with van der Waals surface area (Å²) in [5.41, 5.74) is 2.35. The molecule has 0 aliphatic rings. The number of H-pyrrole nitrogens is 1. The van der Waals surface area contributed by atoms with Crippen LogP contribution in [0.1, 0.15) is 15.5 Å². The van der Waals surface area contributed by atoms with E-state index in [1.54, 1.807) is 30.1 Å². The Morgan fingerprint density at radius 3 is 2.63 bits per heavy atom. The van der Waals surface area contributed by atoms with Gasteiger partial charge in [0, 0.05) is 12.6 Å².